The summed E-state index contributed by atoms with van der Waals surface area (Å²) in [6, 6.07) is -0.272. The average Bonchev–Trinajstić information content (AvgIpc) is 2.32. The van der Waals surface area contributed by atoms with Crippen LogP contribution in [0.1, 0.15) is 27.2 Å². The van der Waals surface area contributed by atoms with Gasteiger partial charge in [-0.05, 0) is 19.3 Å². The Bertz CT molecular complexity index is 533. The maximum atomic E-state index is 11.8. The van der Waals surface area contributed by atoms with Crippen LogP contribution in [0.25, 0.3) is 0 Å². The largest absolute Gasteiger partial charge is 0.394 e. The Labute approximate surface area is 111 Å². The number of nitrogen functional groups attached to an aromatic ring is 1. The quantitative estimate of drug-likeness (QED) is 0.579. The maximum Gasteiger partial charge on any atom is 0.330 e. The summed E-state index contributed by atoms with van der Waals surface area (Å²) in [6.07, 6.45) is 0.695. The molecule has 0 spiro atoms. The van der Waals surface area contributed by atoms with Crippen molar-refractivity contribution in [2.24, 2.45) is 5.92 Å². The normalized spacial score (nSPS) is 12.7. The van der Waals surface area contributed by atoms with Gasteiger partial charge in [-0.15, -0.1) is 0 Å². The lowest BCUT2D eigenvalue weighted by atomic mass is 10.0. The molecule has 5 N–H and O–H groups in total. The van der Waals surface area contributed by atoms with Crippen LogP contribution in [0.15, 0.2) is 9.59 Å². The van der Waals surface area contributed by atoms with Crippen molar-refractivity contribution >= 4 is 11.5 Å². The number of aromatic amines is 1. The van der Waals surface area contributed by atoms with E-state index < -0.39 is 11.2 Å². The fourth-order valence-corrected chi connectivity index (χ4v) is 1.99. The molecule has 0 aliphatic carbocycles. The van der Waals surface area contributed by atoms with Crippen LogP contribution in [0.2, 0.25) is 0 Å². The highest BCUT2D eigenvalue weighted by molar-refractivity contribution is 5.60. The van der Waals surface area contributed by atoms with Gasteiger partial charge in [-0.3, -0.25) is 14.3 Å². The van der Waals surface area contributed by atoms with Crippen LogP contribution in [0, 0.1) is 5.92 Å². The van der Waals surface area contributed by atoms with Crippen molar-refractivity contribution in [2.45, 2.75) is 39.8 Å². The lowest BCUT2D eigenvalue weighted by Gasteiger charge is -2.20. The van der Waals surface area contributed by atoms with E-state index in [0.717, 1.165) is 0 Å². The fraction of sp³-hybridized carbons (Fsp3) is 0.667. The molecular formula is C12H22N4O3. The molecule has 1 heterocycles. The Morgan fingerprint density at radius 1 is 1.42 bits per heavy atom. The standard InChI is InChI=1S/C12H22N4O3/c1-4-16-10(13)9(11(18)15-12(16)19)14-8(6-17)5-7(2)3/h7-8,14,17H,4-6,13H2,1-3H3,(H,15,18,19). The zero-order chi connectivity index (χ0) is 14.6. The molecule has 1 aromatic heterocycles. The SMILES string of the molecule is CCn1c(N)c(NC(CO)CC(C)C)c(=O)[nH]c1=O. The van der Waals surface area contributed by atoms with E-state index in [-0.39, 0.29) is 24.2 Å². The van der Waals surface area contributed by atoms with Gasteiger partial charge in [0.15, 0.2) is 0 Å². The molecule has 7 heteroatoms. The first kappa shape index (κ1) is 15.3. The monoisotopic (exact) mass is 270 g/mol. The minimum atomic E-state index is -0.561. The lowest BCUT2D eigenvalue weighted by molar-refractivity contribution is 0.259. The van der Waals surface area contributed by atoms with E-state index >= 15 is 0 Å². The predicted octanol–water partition coefficient (Wildman–Crippen LogP) is -0.0424. The van der Waals surface area contributed by atoms with E-state index in [1.807, 2.05) is 13.8 Å². The van der Waals surface area contributed by atoms with E-state index in [2.05, 4.69) is 10.3 Å². The molecule has 0 fully saturated rings. The highest BCUT2D eigenvalue weighted by atomic mass is 16.3. The summed E-state index contributed by atoms with van der Waals surface area (Å²) in [7, 11) is 0. The summed E-state index contributed by atoms with van der Waals surface area (Å²) in [5, 5.41) is 12.2. The van der Waals surface area contributed by atoms with Crippen molar-refractivity contribution in [3.8, 4) is 0 Å². The summed E-state index contributed by atoms with van der Waals surface area (Å²) in [5.41, 5.74) is 4.88. The molecule has 108 valence electrons. The number of hydrogen-bond acceptors (Lipinski definition) is 5. The lowest BCUT2D eigenvalue weighted by Crippen LogP contribution is -2.36. The van der Waals surface area contributed by atoms with Gasteiger partial charge in [-0.25, -0.2) is 4.79 Å². The Hall–Kier alpha value is -1.76. The van der Waals surface area contributed by atoms with Crippen molar-refractivity contribution in [3.05, 3.63) is 20.8 Å². The summed E-state index contributed by atoms with van der Waals surface area (Å²) in [6.45, 7) is 6.06. The van der Waals surface area contributed by atoms with Crippen LogP contribution in [-0.2, 0) is 6.54 Å². The van der Waals surface area contributed by atoms with E-state index in [0.29, 0.717) is 18.9 Å². The number of H-pyrrole nitrogens is 1. The van der Waals surface area contributed by atoms with E-state index in [1.54, 1.807) is 6.92 Å². The minimum absolute atomic E-state index is 0.0958. The zero-order valence-corrected chi connectivity index (χ0v) is 11.6. The third-order valence-electron chi connectivity index (χ3n) is 2.88. The average molecular weight is 270 g/mol. The van der Waals surface area contributed by atoms with Crippen LogP contribution >= 0.6 is 0 Å². The number of nitrogens with two attached hydrogens (primary N) is 1. The third-order valence-corrected chi connectivity index (χ3v) is 2.88. The van der Waals surface area contributed by atoms with Gasteiger partial charge in [-0.2, -0.15) is 0 Å². The fourth-order valence-electron chi connectivity index (χ4n) is 1.99. The van der Waals surface area contributed by atoms with Crippen LogP contribution in [-0.4, -0.2) is 27.3 Å². The Morgan fingerprint density at radius 3 is 2.53 bits per heavy atom. The molecule has 0 saturated heterocycles. The predicted molar refractivity (Wildman–Crippen MR) is 75.4 cm³/mol. The second-order valence-electron chi connectivity index (χ2n) is 4.92. The van der Waals surface area contributed by atoms with Gasteiger partial charge in [-0.1, -0.05) is 13.8 Å². The van der Waals surface area contributed by atoms with Crippen molar-refractivity contribution < 1.29 is 5.11 Å². The van der Waals surface area contributed by atoms with Crippen LogP contribution < -0.4 is 22.3 Å². The Morgan fingerprint density at radius 2 is 2.05 bits per heavy atom. The Kier molecular flexibility index (Phi) is 5.17. The van der Waals surface area contributed by atoms with Gasteiger partial charge in [0.1, 0.15) is 11.5 Å². The minimum Gasteiger partial charge on any atom is -0.394 e. The number of rotatable bonds is 6. The maximum absolute atomic E-state index is 11.8. The third kappa shape index (κ3) is 3.60. The van der Waals surface area contributed by atoms with E-state index in [9.17, 15) is 14.7 Å². The molecule has 0 aromatic carbocycles. The second kappa shape index (κ2) is 6.42. The van der Waals surface area contributed by atoms with Crippen LogP contribution in [0.5, 0.6) is 0 Å². The number of hydrogen-bond donors (Lipinski definition) is 4. The first-order valence-electron chi connectivity index (χ1n) is 6.40. The molecule has 0 amide bonds. The molecule has 7 nitrogen and oxygen atoms in total. The van der Waals surface area contributed by atoms with Gasteiger partial charge >= 0.3 is 5.69 Å². The number of anilines is 2. The molecular weight excluding hydrogens is 248 g/mol. The highest BCUT2D eigenvalue weighted by Crippen LogP contribution is 2.14. The molecule has 0 saturated carbocycles. The van der Waals surface area contributed by atoms with Gasteiger partial charge < -0.3 is 16.2 Å². The summed E-state index contributed by atoms with van der Waals surface area (Å²) < 4.78 is 1.27. The summed E-state index contributed by atoms with van der Waals surface area (Å²) in [4.78, 5) is 25.5. The number of nitrogens with one attached hydrogen (secondary N) is 2. The van der Waals surface area contributed by atoms with Crippen molar-refractivity contribution in [1.82, 2.24) is 9.55 Å². The number of nitrogens with zero attached hydrogens (tertiary/aromatic N) is 1. The van der Waals surface area contributed by atoms with Crippen molar-refractivity contribution in [3.63, 3.8) is 0 Å². The van der Waals surface area contributed by atoms with Gasteiger partial charge in [0, 0.05) is 12.6 Å². The smallest absolute Gasteiger partial charge is 0.330 e. The molecule has 1 rings (SSSR count). The van der Waals surface area contributed by atoms with E-state index in [1.165, 1.54) is 4.57 Å². The second-order valence-corrected chi connectivity index (χ2v) is 4.92. The van der Waals surface area contributed by atoms with E-state index in [4.69, 9.17) is 5.73 Å². The van der Waals surface area contributed by atoms with Crippen molar-refractivity contribution in [2.75, 3.05) is 17.7 Å². The highest BCUT2D eigenvalue weighted by Gasteiger charge is 2.16. The first-order valence-corrected chi connectivity index (χ1v) is 6.40. The first-order chi connectivity index (χ1) is 8.90. The van der Waals surface area contributed by atoms with Gasteiger partial charge in [0.2, 0.25) is 0 Å². The van der Waals surface area contributed by atoms with Crippen LogP contribution in [0.4, 0.5) is 11.5 Å². The molecule has 1 atom stereocenters. The summed E-state index contributed by atoms with van der Waals surface area (Å²) in [5.74, 6) is 0.459. The number of aliphatic hydroxyl groups is 1. The number of aromatic nitrogens is 2. The topological polar surface area (TPSA) is 113 Å². The molecule has 0 aliphatic heterocycles. The van der Waals surface area contributed by atoms with Crippen molar-refractivity contribution in [1.29, 1.82) is 0 Å². The zero-order valence-electron chi connectivity index (χ0n) is 11.6. The molecule has 19 heavy (non-hydrogen) atoms. The summed E-state index contributed by atoms with van der Waals surface area (Å²) >= 11 is 0. The molecule has 0 bridgehead atoms. The molecule has 1 aromatic rings. The molecule has 1 unspecified atom stereocenters. The van der Waals surface area contributed by atoms with Gasteiger partial charge in [0.25, 0.3) is 5.56 Å². The van der Waals surface area contributed by atoms with Gasteiger partial charge in [0.05, 0.1) is 6.61 Å². The van der Waals surface area contributed by atoms with Crippen LogP contribution in [0.3, 0.4) is 0 Å². The number of aliphatic hydroxyl groups excluding tert-OH is 1. The Balaban J connectivity index is 3.13. The molecule has 0 radical (unpaired) electrons. The molecule has 0 aliphatic rings.